The van der Waals surface area contributed by atoms with Crippen LogP contribution in [0.25, 0.3) is 0 Å². The Morgan fingerprint density at radius 3 is 2.14 bits per heavy atom. The van der Waals surface area contributed by atoms with Crippen LogP contribution in [0.1, 0.15) is 38.3 Å². The summed E-state index contributed by atoms with van der Waals surface area (Å²) in [6.07, 6.45) is 2.31. The quantitative estimate of drug-likeness (QED) is 0.754. The van der Waals surface area contributed by atoms with Crippen molar-refractivity contribution in [1.82, 2.24) is 5.32 Å². The molecule has 0 aliphatic heterocycles. The van der Waals surface area contributed by atoms with Gasteiger partial charge in [-0.05, 0) is 30.9 Å². The molecular formula is C13H21N. The second kappa shape index (κ2) is 5.82. The minimum Gasteiger partial charge on any atom is -0.310 e. The van der Waals surface area contributed by atoms with E-state index in [-0.39, 0.29) is 0 Å². The summed E-state index contributed by atoms with van der Waals surface area (Å²) in [6, 6.07) is 9.48. The maximum atomic E-state index is 3.49. The molecule has 0 heterocycles. The standard InChI is InChI=1S/C13H21N/c1-4-11(3)14-10-13-8-6-12(5-2)7-9-13/h6-9,11,14H,4-5,10H2,1-3H3/t11-/m1/s1. The van der Waals surface area contributed by atoms with Crippen molar-refractivity contribution in [2.24, 2.45) is 0 Å². The Morgan fingerprint density at radius 1 is 1.07 bits per heavy atom. The van der Waals surface area contributed by atoms with E-state index in [1.165, 1.54) is 17.5 Å². The van der Waals surface area contributed by atoms with Gasteiger partial charge >= 0.3 is 0 Å². The largest absolute Gasteiger partial charge is 0.310 e. The molecule has 1 nitrogen and oxygen atoms in total. The van der Waals surface area contributed by atoms with Crippen molar-refractivity contribution >= 4 is 0 Å². The van der Waals surface area contributed by atoms with Crippen LogP contribution >= 0.6 is 0 Å². The van der Waals surface area contributed by atoms with E-state index in [9.17, 15) is 0 Å². The van der Waals surface area contributed by atoms with Crippen molar-refractivity contribution in [2.75, 3.05) is 0 Å². The van der Waals surface area contributed by atoms with Crippen molar-refractivity contribution < 1.29 is 0 Å². The molecule has 14 heavy (non-hydrogen) atoms. The third-order valence-electron chi connectivity index (χ3n) is 2.70. The first-order valence-corrected chi connectivity index (χ1v) is 5.57. The number of benzene rings is 1. The summed E-state index contributed by atoms with van der Waals surface area (Å²) in [4.78, 5) is 0. The van der Waals surface area contributed by atoms with Crippen LogP contribution in [0.5, 0.6) is 0 Å². The predicted octanol–water partition coefficient (Wildman–Crippen LogP) is 3.14. The third-order valence-corrected chi connectivity index (χ3v) is 2.70. The van der Waals surface area contributed by atoms with Crippen molar-refractivity contribution in [2.45, 2.75) is 46.2 Å². The fourth-order valence-corrected chi connectivity index (χ4v) is 1.33. The van der Waals surface area contributed by atoms with Gasteiger partial charge in [0.15, 0.2) is 0 Å². The second-order valence-electron chi connectivity index (χ2n) is 3.86. The molecule has 0 radical (unpaired) electrons. The Labute approximate surface area is 87.5 Å². The number of hydrogen-bond donors (Lipinski definition) is 1. The van der Waals surface area contributed by atoms with E-state index in [2.05, 4.69) is 50.4 Å². The van der Waals surface area contributed by atoms with Crippen molar-refractivity contribution in [1.29, 1.82) is 0 Å². The lowest BCUT2D eigenvalue weighted by Gasteiger charge is -2.11. The number of aryl methyl sites for hydroxylation is 1. The van der Waals surface area contributed by atoms with E-state index in [1.807, 2.05) is 0 Å². The molecule has 1 rings (SSSR count). The van der Waals surface area contributed by atoms with Crippen molar-refractivity contribution in [3.05, 3.63) is 35.4 Å². The van der Waals surface area contributed by atoms with E-state index in [0.717, 1.165) is 13.0 Å². The first-order valence-electron chi connectivity index (χ1n) is 5.57. The lowest BCUT2D eigenvalue weighted by atomic mass is 10.1. The summed E-state index contributed by atoms with van der Waals surface area (Å²) in [5.41, 5.74) is 2.79. The molecule has 1 heteroatoms. The summed E-state index contributed by atoms with van der Waals surface area (Å²) >= 11 is 0. The molecule has 0 fully saturated rings. The first kappa shape index (κ1) is 11.3. The van der Waals surface area contributed by atoms with Gasteiger partial charge in [0.1, 0.15) is 0 Å². The van der Waals surface area contributed by atoms with Gasteiger partial charge in [0.2, 0.25) is 0 Å². The van der Waals surface area contributed by atoms with Gasteiger partial charge in [0.25, 0.3) is 0 Å². The average Bonchev–Trinajstić information content (AvgIpc) is 2.26. The molecular weight excluding hydrogens is 170 g/mol. The molecule has 0 bridgehead atoms. The van der Waals surface area contributed by atoms with E-state index >= 15 is 0 Å². The smallest absolute Gasteiger partial charge is 0.0207 e. The molecule has 0 saturated heterocycles. The molecule has 1 N–H and O–H groups in total. The van der Waals surface area contributed by atoms with Gasteiger partial charge in [-0.3, -0.25) is 0 Å². The van der Waals surface area contributed by atoms with Gasteiger partial charge in [-0.1, -0.05) is 38.1 Å². The van der Waals surface area contributed by atoms with Crippen molar-refractivity contribution in [3.8, 4) is 0 Å². The summed E-state index contributed by atoms with van der Waals surface area (Å²) < 4.78 is 0. The van der Waals surface area contributed by atoms with E-state index in [1.54, 1.807) is 0 Å². The summed E-state index contributed by atoms with van der Waals surface area (Å²) in [6.45, 7) is 7.60. The van der Waals surface area contributed by atoms with Gasteiger partial charge in [0.05, 0.1) is 0 Å². The molecule has 0 unspecified atom stereocenters. The Kier molecular flexibility index (Phi) is 4.68. The fraction of sp³-hybridized carbons (Fsp3) is 0.538. The highest BCUT2D eigenvalue weighted by Crippen LogP contribution is 2.05. The van der Waals surface area contributed by atoms with Gasteiger partial charge in [-0.2, -0.15) is 0 Å². The Morgan fingerprint density at radius 2 is 1.64 bits per heavy atom. The van der Waals surface area contributed by atoms with Crippen LogP contribution in [0.3, 0.4) is 0 Å². The molecule has 78 valence electrons. The highest BCUT2D eigenvalue weighted by molar-refractivity contribution is 5.22. The Balaban J connectivity index is 2.43. The lowest BCUT2D eigenvalue weighted by molar-refractivity contribution is 0.534. The third kappa shape index (κ3) is 3.51. The zero-order chi connectivity index (χ0) is 10.4. The van der Waals surface area contributed by atoms with E-state index in [4.69, 9.17) is 0 Å². The molecule has 0 amide bonds. The van der Waals surface area contributed by atoms with Crippen LogP contribution in [-0.4, -0.2) is 6.04 Å². The molecule has 0 aromatic heterocycles. The molecule has 0 saturated carbocycles. The SMILES string of the molecule is CCc1ccc(CN[C@H](C)CC)cc1. The van der Waals surface area contributed by atoms with Crippen LogP contribution in [0.4, 0.5) is 0 Å². The average molecular weight is 191 g/mol. The van der Waals surface area contributed by atoms with Crippen molar-refractivity contribution in [3.63, 3.8) is 0 Å². The zero-order valence-corrected chi connectivity index (χ0v) is 9.51. The van der Waals surface area contributed by atoms with Gasteiger partial charge in [-0.15, -0.1) is 0 Å². The summed E-state index contributed by atoms with van der Waals surface area (Å²) in [5, 5.41) is 3.49. The van der Waals surface area contributed by atoms with E-state index < -0.39 is 0 Å². The van der Waals surface area contributed by atoms with Crippen LogP contribution in [0, 0.1) is 0 Å². The molecule has 1 atom stereocenters. The van der Waals surface area contributed by atoms with Crippen LogP contribution in [0.15, 0.2) is 24.3 Å². The van der Waals surface area contributed by atoms with Gasteiger partial charge < -0.3 is 5.32 Å². The van der Waals surface area contributed by atoms with Crippen LogP contribution < -0.4 is 5.32 Å². The van der Waals surface area contributed by atoms with Crippen LogP contribution in [0.2, 0.25) is 0 Å². The molecule has 0 spiro atoms. The Bertz CT molecular complexity index is 250. The second-order valence-corrected chi connectivity index (χ2v) is 3.86. The lowest BCUT2D eigenvalue weighted by Crippen LogP contribution is -2.24. The maximum absolute atomic E-state index is 3.49. The highest BCUT2D eigenvalue weighted by atomic mass is 14.9. The monoisotopic (exact) mass is 191 g/mol. The Hall–Kier alpha value is -0.820. The van der Waals surface area contributed by atoms with E-state index in [0.29, 0.717) is 6.04 Å². The number of nitrogens with one attached hydrogen (secondary N) is 1. The number of rotatable bonds is 5. The molecule has 1 aromatic rings. The first-order chi connectivity index (χ1) is 6.76. The predicted molar refractivity (Wildman–Crippen MR) is 62.4 cm³/mol. The van der Waals surface area contributed by atoms with Crippen LogP contribution in [-0.2, 0) is 13.0 Å². The maximum Gasteiger partial charge on any atom is 0.0207 e. The minimum atomic E-state index is 0.612. The summed E-state index contributed by atoms with van der Waals surface area (Å²) in [7, 11) is 0. The molecule has 1 aromatic carbocycles. The fourth-order valence-electron chi connectivity index (χ4n) is 1.33. The normalized spacial score (nSPS) is 12.8. The van der Waals surface area contributed by atoms with Gasteiger partial charge in [-0.25, -0.2) is 0 Å². The minimum absolute atomic E-state index is 0.612. The number of hydrogen-bond acceptors (Lipinski definition) is 1. The topological polar surface area (TPSA) is 12.0 Å². The molecule has 0 aliphatic rings. The highest BCUT2D eigenvalue weighted by Gasteiger charge is 1.97. The van der Waals surface area contributed by atoms with Gasteiger partial charge in [0, 0.05) is 12.6 Å². The molecule has 0 aliphatic carbocycles. The zero-order valence-electron chi connectivity index (χ0n) is 9.51. The summed E-state index contributed by atoms with van der Waals surface area (Å²) in [5.74, 6) is 0.